The molecule has 7 heteroatoms. The van der Waals surface area contributed by atoms with Crippen LogP contribution in [0.1, 0.15) is 18.1 Å². The van der Waals surface area contributed by atoms with Crippen molar-refractivity contribution in [1.29, 1.82) is 0 Å². The zero-order chi connectivity index (χ0) is 14.5. The van der Waals surface area contributed by atoms with Crippen molar-refractivity contribution < 1.29 is 34.4 Å². The molecule has 2 heterocycles. The van der Waals surface area contributed by atoms with Crippen molar-refractivity contribution in [3.63, 3.8) is 0 Å². The minimum Gasteiger partial charge on any atom is -1.00 e. The first-order valence-corrected chi connectivity index (χ1v) is 6.11. The lowest BCUT2D eigenvalue weighted by Gasteiger charge is -2.13. The monoisotopic (exact) mass is 318 g/mol. The van der Waals surface area contributed by atoms with Gasteiger partial charge in [-0.1, -0.05) is 0 Å². The molecule has 3 nitrogen and oxygen atoms in total. The first kappa shape index (κ1) is 15.7. The first-order chi connectivity index (χ1) is 9.39. The van der Waals surface area contributed by atoms with Crippen molar-refractivity contribution in [2.45, 2.75) is 25.6 Å². The minimum atomic E-state index is -4.51. The number of halogens is 4. The summed E-state index contributed by atoms with van der Waals surface area (Å²) < 4.78 is 50.2. The largest absolute Gasteiger partial charge is 1.00 e. The van der Waals surface area contributed by atoms with E-state index < -0.39 is 11.7 Å². The molecule has 0 saturated heterocycles. The lowest BCUT2D eigenvalue weighted by molar-refractivity contribution is -0.135. The quantitative estimate of drug-likeness (QED) is 0.769. The molecule has 114 valence electrons. The molecule has 1 aromatic carbocycles. The summed E-state index contributed by atoms with van der Waals surface area (Å²) in [4.78, 5) is 0. The van der Waals surface area contributed by atoms with Gasteiger partial charge in [0.25, 0.3) is 0 Å². The Kier molecular flexibility index (Phi) is 3.95. The van der Waals surface area contributed by atoms with Crippen LogP contribution in [0.15, 0.2) is 33.5 Å². The number of furan rings is 2. The first-order valence-electron chi connectivity index (χ1n) is 6.11. The van der Waals surface area contributed by atoms with Crippen LogP contribution in [-0.2, 0) is 12.6 Å². The third-order valence-corrected chi connectivity index (χ3v) is 3.24. The SMILES string of the molecule is C[C@@H](N)Cc1c2ccoc2c(C(F)(F)F)c2ccoc12.[Cl-]. The molecule has 0 aliphatic heterocycles. The fourth-order valence-corrected chi connectivity index (χ4v) is 2.53. The summed E-state index contributed by atoms with van der Waals surface area (Å²) in [6.07, 6.45) is -1.59. The highest BCUT2D eigenvalue weighted by atomic mass is 35.5. The van der Waals surface area contributed by atoms with E-state index in [2.05, 4.69) is 0 Å². The highest BCUT2D eigenvalue weighted by Crippen LogP contribution is 2.43. The van der Waals surface area contributed by atoms with Crippen LogP contribution in [0.3, 0.4) is 0 Å². The van der Waals surface area contributed by atoms with E-state index in [0.717, 1.165) is 0 Å². The molecule has 0 aliphatic rings. The van der Waals surface area contributed by atoms with Crippen LogP contribution >= 0.6 is 0 Å². The van der Waals surface area contributed by atoms with Crippen LogP contribution < -0.4 is 18.1 Å². The van der Waals surface area contributed by atoms with Crippen molar-refractivity contribution >= 4 is 21.9 Å². The van der Waals surface area contributed by atoms with E-state index in [0.29, 0.717) is 17.4 Å². The third kappa shape index (κ3) is 2.49. The highest BCUT2D eigenvalue weighted by Gasteiger charge is 2.38. The van der Waals surface area contributed by atoms with E-state index in [4.69, 9.17) is 14.6 Å². The van der Waals surface area contributed by atoms with Crippen LogP contribution in [0, 0.1) is 0 Å². The standard InChI is InChI=1S/C14H12F3NO2.ClH/c1-7(18)6-10-8-2-4-20-13(8)11(14(15,16)17)9-3-5-19-12(9)10;/h2-5,7H,6,18H2,1H3;1H/p-1/t7-;/m1./s1. The Morgan fingerprint density at radius 2 is 1.67 bits per heavy atom. The Morgan fingerprint density at radius 1 is 1.10 bits per heavy atom. The molecule has 0 bridgehead atoms. The summed E-state index contributed by atoms with van der Waals surface area (Å²) in [5, 5.41) is 0.410. The van der Waals surface area contributed by atoms with Crippen molar-refractivity contribution in [1.82, 2.24) is 0 Å². The van der Waals surface area contributed by atoms with Crippen molar-refractivity contribution in [2.24, 2.45) is 5.73 Å². The summed E-state index contributed by atoms with van der Waals surface area (Å²) in [6.45, 7) is 1.79. The van der Waals surface area contributed by atoms with Crippen molar-refractivity contribution in [3.8, 4) is 0 Å². The maximum Gasteiger partial charge on any atom is 0.420 e. The molecule has 3 aromatic rings. The maximum atomic E-state index is 13.3. The lowest BCUT2D eigenvalue weighted by Crippen LogP contribution is -3.00. The van der Waals surface area contributed by atoms with Gasteiger partial charge >= 0.3 is 6.18 Å². The molecule has 3 rings (SSSR count). The molecule has 0 saturated carbocycles. The molecule has 21 heavy (non-hydrogen) atoms. The normalized spacial score (nSPS) is 13.6. The number of rotatable bonds is 2. The molecule has 0 amide bonds. The predicted octanol–water partition coefficient (Wildman–Crippen LogP) is 1.09. The van der Waals surface area contributed by atoms with Gasteiger partial charge in [-0.05, 0) is 25.5 Å². The molecule has 0 radical (unpaired) electrons. The molecule has 0 fully saturated rings. The minimum absolute atomic E-state index is 0. The van der Waals surface area contributed by atoms with Crippen LogP contribution in [0.2, 0.25) is 0 Å². The molecular weight excluding hydrogens is 307 g/mol. The second-order valence-electron chi connectivity index (χ2n) is 4.86. The Morgan fingerprint density at radius 3 is 2.24 bits per heavy atom. The molecule has 0 aliphatic carbocycles. The van der Waals surface area contributed by atoms with Gasteiger partial charge in [-0.2, -0.15) is 13.2 Å². The Bertz CT molecular complexity index is 722. The number of benzene rings is 1. The van der Waals surface area contributed by atoms with Gasteiger partial charge in [0.15, 0.2) is 0 Å². The average molecular weight is 319 g/mol. The average Bonchev–Trinajstić information content (AvgIpc) is 2.93. The van der Waals surface area contributed by atoms with Gasteiger partial charge in [0, 0.05) is 22.4 Å². The number of alkyl halides is 3. The van der Waals surface area contributed by atoms with Crippen LogP contribution in [-0.4, -0.2) is 6.04 Å². The number of nitrogens with two attached hydrogens (primary N) is 1. The summed E-state index contributed by atoms with van der Waals surface area (Å²) >= 11 is 0. The van der Waals surface area contributed by atoms with Gasteiger partial charge in [0.05, 0.1) is 12.5 Å². The number of hydrogen-bond acceptors (Lipinski definition) is 3. The van der Waals surface area contributed by atoms with E-state index in [1.807, 2.05) is 0 Å². The maximum absolute atomic E-state index is 13.3. The molecule has 1 atom stereocenters. The molecular formula is C14H12ClF3NO2-. The fraction of sp³-hybridized carbons (Fsp3) is 0.286. The fourth-order valence-electron chi connectivity index (χ4n) is 2.53. The lowest BCUT2D eigenvalue weighted by atomic mass is 9.97. The summed E-state index contributed by atoms with van der Waals surface area (Å²) in [6, 6.07) is 2.63. The van der Waals surface area contributed by atoms with Crippen LogP contribution in [0.4, 0.5) is 13.2 Å². The number of hydrogen-bond donors (Lipinski definition) is 1. The second kappa shape index (κ2) is 5.27. The Hall–Kier alpha value is -1.66. The predicted molar refractivity (Wildman–Crippen MR) is 68.3 cm³/mol. The van der Waals surface area contributed by atoms with Crippen LogP contribution in [0.25, 0.3) is 21.9 Å². The zero-order valence-corrected chi connectivity index (χ0v) is 11.8. The van der Waals surface area contributed by atoms with E-state index in [1.54, 1.807) is 6.92 Å². The van der Waals surface area contributed by atoms with Gasteiger partial charge in [0.1, 0.15) is 16.7 Å². The van der Waals surface area contributed by atoms with E-state index in [-0.39, 0.29) is 35.0 Å². The van der Waals surface area contributed by atoms with Gasteiger partial charge in [-0.25, -0.2) is 0 Å². The smallest absolute Gasteiger partial charge is 0.420 e. The Labute approximate surface area is 124 Å². The molecule has 2 aromatic heterocycles. The van der Waals surface area contributed by atoms with Gasteiger partial charge in [0.2, 0.25) is 0 Å². The number of fused-ring (bicyclic) bond motifs is 2. The second-order valence-corrected chi connectivity index (χ2v) is 4.86. The van der Waals surface area contributed by atoms with E-state index in [9.17, 15) is 13.2 Å². The van der Waals surface area contributed by atoms with Gasteiger partial charge < -0.3 is 27.0 Å². The van der Waals surface area contributed by atoms with Gasteiger partial charge in [-0.15, -0.1) is 0 Å². The van der Waals surface area contributed by atoms with E-state index >= 15 is 0 Å². The Balaban J connectivity index is 0.00000161. The zero-order valence-electron chi connectivity index (χ0n) is 11.0. The topological polar surface area (TPSA) is 52.3 Å². The van der Waals surface area contributed by atoms with Crippen molar-refractivity contribution in [3.05, 3.63) is 35.8 Å². The summed E-state index contributed by atoms with van der Waals surface area (Å²) in [7, 11) is 0. The summed E-state index contributed by atoms with van der Waals surface area (Å²) in [5.41, 5.74) is 5.69. The molecule has 0 unspecified atom stereocenters. The molecule has 0 spiro atoms. The van der Waals surface area contributed by atoms with E-state index in [1.165, 1.54) is 24.7 Å². The third-order valence-electron chi connectivity index (χ3n) is 3.24. The highest BCUT2D eigenvalue weighted by molar-refractivity contribution is 6.01. The van der Waals surface area contributed by atoms with Gasteiger partial charge in [-0.3, -0.25) is 0 Å². The van der Waals surface area contributed by atoms with Crippen molar-refractivity contribution in [2.75, 3.05) is 0 Å². The molecule has 2 N–H and O–H groups in total. The summed E-state index contributed by atoms with van der Waals surface area (Å²) in [5.74, 6) is 0. The van der Waals surface area contributed by atoms with Crippen LogP contribution in [0.5, 0.6) is 0 Å².